The molecule has 1 fully saturated rings. The topological polar surface area (TPSA) is 88.4 Å². The summed E-state index contributed by atoms with van der Waals surface area (Å²) in [4.78, 5) is 12.2. The first kappa shape index (κ1) is 23.3. The van der Waals surface area contributed by atoms with Crippen LogP contribution in [0.2, 0.25) is 0 Å². The number of aromatic amines is 1. The summed E-state index contributed by atoms with van der Waals surface area (Å²) in [6.07, 6.45) is 2.09. The number of anilines is 1. The largest absolute Gasteiger partial charge is 0.371 e. The Morgan fingerprint density at radius 2 is 1.84 bits per heavy atom. The van der Waals surface area contributed by atoms with Crippen LogP contribution in [0.1, 0.15) is 42.9 Å². The van der Waals surface area contributed by atoms with E-state index in [1.54, 1.807) is 0 Å². The van der Waals surface area contributed by atoms with Crippen molar-refractivity contribution in [1.29, 1.82) is 0 Å². The van der Waals surface area contributed by atoms with Gasteiger partial charge >= 0.3 is 0 Å². The zero-order chi connectivity index (χ0) is 25.5. The van der Waals surface area contributed by atoms with Crippen molar-refractivity contribution in [2.45, 2.75) is 47.1 Å². The number of pyridine rings is 1. The van der Waals surface area contributed by atoms with Crippen molar-refractivity contribution in [3.8, 4) is 22.5 Å². The minimum atomic E-state index is 0.606. The number of nitrogens with one attached hydrogen (secondary N) is 1. The molecule has 0 bridgehead atoms. The quantitative estimate of drug-likeness (QED) is 0.344. The van der Waals surface area contributed by atoms with E-state index in [1.807, 2.05) is 6.92 Å². The Kier molecular flexibility index (Phi) is 5.94. The minimum Gasteiger partial charge on any atom is -0.371 e. The van der Waals surface area contributed by atoms with Crippen LogP contribution in [-0.2, 0) is 13.0 Å². The highest BCUT2D eigenvalue weighted by Gasteiger charge is 2.21. The van der Waals surface area contributed by atoms with Crippen LogP contribution in [0.3, 0.4) is 0 Å². The third kappa shape index (κ3) is 4.37. The molecule has 1 aliphatic heterocycles. The highest BCUT2D eigenvalue weighted by molar-refractivity contribution is 5.83. The Hall–Kier alpha value is -4.07. The summed E-state index contributed by atoms with van der Waals surface area (Å²) in [6, 6.07) is 17.5. The van der Waals surface area contributed by atoms with Crippen molar-refractivity contribution in [2.75, 3.05) is 18.0 Å². The number of hydrogen-bond donors (Lipinski definition) is 1. The van der Waals surface area contributed by atoms with Crippen LogP contribution in [0.5, 0.6) is 0 Å². The number of tetrazole rings is 1. The Balaban J connectivity index is 1.36. The first-order chi connectivity index (χ1) is 18.0. The molecule has 0 spiro atoms. The van der Waals surface area contributed by atoms with E-state index in [2.05, 4.69) is 99.4 Å². The Morgan fingerprint density at radius 3 is 2.54 bits per heavy atom. The predicted octanol–water partition coefficient (Wildman–Crippen LogP) is 5.35. The Bertz CT molecular complexity index is 1550. The fourth-order valence-corrected chi connectivity index (χ4v) is 5.46. The zero-order valence-corrected chi connectivity index (χ0v) is 21.9. The molecule has 1 N–H and O–H groups in total. The summed E-state index contributed by atoms with van der Waals surface area (Å²) in [7, 11) is 0. The number of rotatable bonds is 6. The van der Waals surface area contributed by atoms with Gasteiger partial charge in [0.25, 0.3) is 0 Å². The van der Waals surface area contributed by atoms with Crippen LogP contribution >= 0.6 is 0 Å². The minimum absolute atomic E-state index is 0.606. The fourth-order valence-electron chi connectivity index (χ4n) is 5.46. The lowest BCUT2D eigenvalue weighted by molar-refractivity contribution is 0.659. The molecule has 0 radical (unpaired) electrons. The highest BCUT2D eigenvalue weighted by atomic mass is 15.5. The van der Waals surface area contributed by atoms with Crippen molar-refractivity contribution in [3.05, 3.63) is 71.2 Å². The van der Waals surface area contributed by atoms with Gasteiger partial charge in [-0.2, -0.15) is 5.21 Å². The summed E-state index contributed by atoms with van der Waals surface area (Å²) in [6.45, 7) is 11.5. The standard InChI is InChI=1S/C29H32N8/c1-5-26-31-27-19(3)14-20(4)30-29(27)37(26)17-21-6-8-22(9-7-21)25-15-23(36-13-12-18(2)16-36)10-11-24(25)28-32-34-35-33-28/h6-11,14-15,18H,5,12-13,16-17H2,1-4H3,(H,32,33,34,35)/t18-/m0/s1. The Labute approximate surface area is 216 Å². The second-order valence-corrected chi connectivity index (χ2v) is 10.2. The molecule has 1 atom stereocenters. The Morgan fingerprint density at radius 1 is 1.00 bits per heavy atom. The van der Waals surface area contributed by atoms with Crippen LogP contribution < -0.4 is 4.90 Å². The van der Waals surface area contributed by atoms with Gasteiger partial charge in [0.1, 0.15) is 11.3 Å². The molecule has 8 nitrogen and oxygen atoms in total. The second-order valence-electron chi connectivity index (χ2n) is 10.2. The van der Waals surface area contributed by atoms with E-state index >= 15 is 0 Å². The van der Waals surface area contributed by atoms with E-state index in [9.17, 15) is 0 Å². The van der Waals surface area contributed by atoms with Crippen molar-refractivity contribution < 1.29 is 0 Å². The van der Waals surface area contributed by atoms with Gasteiger partial charge in [-0.25, -0.2) is 9.97 Å². The summed E-state index contributed by atoms with van der Waals surface area (Å²) in [5.41, 5.74) is 9.82. The van der Waals surface area contributed by atoms with E-state index in [0.29, 0.717) is 11.7 Å². The molecule has 0 amide bonds. The van der Waals surface area contributed by atoms with Crippen LogP contribution in [0.4, 0.5) is 5.69 Å². The number of fused-ring (bicyclic) bond motifs is 1. The smallest absolute Gasteiger partial charge is 0.205 e. The first-order valence-electron chi connectivity index (χ1n) is 13.1. The average Bonchev–Trinajstić information content (AvgIpc) is 3.65. The van der Waals surface area contributed by atoms with E-state index in [4.69, 9.17) is 9.97 Å². The molecule has 5 aromatic rings. The first-order valence-corrected chi connectivity index (χ1v) is 13.1. The van der Waals surface area contributed by atoms with Crippen molar-refractivity contribution in [1.82, 2.24) is 35.2 Å². The number of hydrogen-bond acceptors (Lipinski definition) is 6. The van der Waals surface area contributed by atoms with E-state index in [0.717, 1.165) is 65.4 Å². The summed E-state index contributed by atoms with van der Waals surface area (Å²) < 4.78 is 2.25. The van der Waals surface area contributed by atoms with Crippen molar-refractivity contribution >= 4 is 16.9 Å². The normalized spacial score (nSPS) is 15.7. The lowest BCUT2D eigenvalue weighted by Gasteiger charge is -2.20. The molecule has 2 aromatic carbocycles. The molecule has 8 heteroatoms. The molecule has 0 aliphatic carbocycles. The lowest BCUT2D eigenvalue weighted by Crippen LogP contribution is -2.19. The van der Waals surface area contributed by atoms with Gasteiger partial charge in [0, 0.05) is 36.5 Å². The molecule has 4 heterocycles. The molecule has 1 saturated heterocycles. The molecule has 3 aromatic heterocycles. The molecular formula is C29H32N8. The third-order valence-corrected chi connectivity index (χ3v) is 7.40. The van der Waals surface area contributed by atoms with Gasteiger partial charge in [0.2, 0.25) is 5.82 Å². The van der Waals surface area contributed by atoms with Crippen LogP contribution in [0.25, 0.3) is 33.7 Å². The number of imidazole rings is 1. The zero-order valence-electron chi connectivity index (χ0n) is 21.9. The molecule has 0 unspecified atom stereocenters. The van der Waals surface area contributed by atoms with Gasteiger partial charge in [-0.3, -0.25) is 0 Å². The number of H-pyrrole nitrogens is 1. The summed E-state index contributed by atoms with van der Waals surface area (Å²) in [5.74, 6) is 2.39. The summed E-state index contributed by atoms with van der Waals surface area (Å²) >= 11 is 0. The van der Waals surface area contributed by atoms with Gasteiger partial charge in [-0.15, -0.1) is 10.2 Å². The number of aromatic nitrogens is 7. The molecule has 1 aliphatic rings. The van der Waals surface area contributed by atoms with Gasteiger partial charge in [0.05, 0.1) is 6.54 Å². The van der Waals surface area contributed by atoms with E-state index in [1.165, 1.54) is 23.2 Å². The van der Waals surface area contributed by atoms with Crippen LogP contribution in [0, 0.1) is 19.8 Å². The maximum atomic E-state index is 4.90. The monoisotopic (exact) mass is 492 g/mol. The van der Waals surface area contributed by atoms with Gasteiger partial charge in [0.15, 0.2) is 5.65 Å². The molecular weight excluding hydrogens is 460 g/mol. The summed E-state index contributed by atoms with van der Waals surface area (Å²) in [5, 5.41) is 14.9. The van der Waals surface area contributed by atoms with Gasteiger partial charge in [-0.1, -0.05) is 38.1 Å². The molecule has 37 heavy (non-hydrogen) atoms. The second kappa shape index (κ2) is 9.42. The third-order valence-electron chi connectivity index (χ3n) is 7.40. The predicted molar refractivity (Wildman–Crippen MR) is 147 cm³/mol. The lowest BCUT2D eigenvalue weighted by atomic mass is 9.97. The maximum Gasteiger partial charge on any atom is 0.205 e. The number of aryl methyl sites for hydroxylation is 3. The van der Waals surface area contributed by atoms with Crippen LogP contribution in [0.15, 0.2) is 48.5 Å². The SMILES string of the molecule is CCc1nc2c(C)cc(C)nc2n1Cc1ccc(-c2cc(N3CC[C@H](C)C3)ccc2-c2nn[nH]n2)cc1. The highest BCUT2D eigenvalue weighted by Crippen LogP contribution is 2.35. The average molecular weight is 493 g/mol. The number of nitrogens with zero attached hydrogens (tertiary/aromatic N) is 7. The van der Waals surface area contributed by atoms with Gasteiger partial charge in [-0.05, 0) is 77.9 Å². The number of benzene rings is 2. The fraction of sp³-hybridized carbons (Fsp3) is 0.345. The van der Waals surface area contributed by atoms with E-state index in [-0.39, 0.29) is 0 Å². The maximum absolute atomic E-state index is 4.90. The molecule has 0 saturated carbocycles. The van der Waals surface area contributed by atoms with Crippen molar-refractivity contribution in [3.63, 3.8) is 0 Å². The molecule has 6 rings (SSSR count). The van der Waals surface area contributed by atoms with E-state index < -0.39 is 0 Å². The molecule has 188 valence electrons. The van der Waals surface area contributed by atoms with Gasteiger partial charge < -0.3 is 9.47 Å². The van der Waals surface area contributed by atoms with Crippen LogP contribution in [-0.4, -0.2) is 48.2 Å². The van der Waals surface area contributed by atoms with Crippen molar-refractivity contribution in [2.24, 2.45) is 5.92 Å².